The monoisotopic (exact) mass is 349 g/mol. The van der Waals surface area contributed by atoms with Crippen LogP contribution in [0.5, 0.6) is 0 Å². The van der Waals surface area contributed by atoms with Crippen LogP contribution < -0.4 is 4.90 Å². The summed E-state index contributed by atoms with van der Waals surface area (Å²) < 4.78 is 0.871. The van der Waals surface area contributed by atoms with E-state index in [0.717, 1.165) is 47.0 Å². The largest absolute Gasteiger partial charge is 0.312 e. The zero-order valence-corrected chi connectivity index (χ0v) is 14.1. The van der Waals surface area contributed by atoms with Gasteiger partial charge in [0.15, 0.2) is 5.78 Å². The summed E-state index contributed by atoms with van der Waals surface area (Å²) in [6.07, 6.45) is 4.13. The molecule has 1 aliphatic carbocycles. The molecule has 1 aliphatic heterocycles. The Balaban J connectivity index is 1.98. The highest BCUT2D eigenvalue weighted by Crippen LogP contribution is 2.38. The summed E-state index contributed by atoms with van der Waals surface area (Å²) in [4.78, 5) is 26.3. The van der Waals surface area contributed by atoms with E-state index in [0.29, 0.717) is 12.5 Å². The lowest BCUT2D eigenvalue weighted by atomic mass is 9.89. The van der Waals surface area contributed by atoms with E-state index in [1.54, 1.807) is 11.8 Å². The van der Waals surface area contributed by atoms with E-state index in [1.807, 2.05) is 12.1 Å². The van der Waals surface area contributed by atoms with Crippen LogP contribution in [-0.2, 0) is 11.2 Å². The lowest BCUT2D eigenvalue weighted by Gasteiger charge is -2.19. The lowest BCUT2D eigenvalue weighted by molar-refractivity contribution is -0.116. The maximum absolute atomic E-state index is 12.8. The molecule has 1 aromatic carbocycles. The third-order valence-electron chi connectivity index (χ3n) is 4.91. The van der Waals surface area contributed by atoms with Gasteiger partial charge in [-0.05, 0) is 42.9 Å². The van der Waals surface area contributed by atoms with Gasteiger partial charge in [-0.15, -0.1) is 0 Å². The molecule has 0 spiro atoms. The lowest BCUT2D eigenvalue weighted by Crippen LogP contribution is -2.26. The molecule has 3 rings (SSSR count). The van der Waals surface area contributed by atoms with Crippen LogP contribution >= 0.6 is 15.9 Å². The van der Waals surface area contributed by atoms with E-state index in [4.69, 9.17) is 0 Å². The Morgan fingerprint density at radius 2 is 2.05 bits per heavy atom. The van der Waals surface area contributed by atoms with Crippen LogP contribution in [-0.4, -0.2) is 18.2 Å². The van der Waals surface area contributed by atoms with Gasteiger partial charge in [-0.1, -0.05) is 29.3 Å². The third kappa shape index (κ3) is 2.54. The number of carbonyl (C=O) groups excluding carboxylic acids is 2. The van der Waals surface area contributed by atoms with Crippen molar-refractivity contribution in [2.24, 2.45) is 11.8 Å². The second-order valence-electron chi connectivity index (χ2n) is 6.26. The molecule has 0 bridgehead atoms. The quantitative estimate of drug-likeness (QED) is 0.757. The Kier molecular flexibility index (Phi) is 3.91. The normalized spacial score (nSPS) is 24.2. The zero-order valence-electron chi connectivity index (χ0n) is 12.5. The highest BCUT2D eigenvalue weighted by Gasteiger charge is 2.33. The fraction of sp³-hybridized carbons (Fsp3) is 0.529. The molecule has 1 heterocycles. The van der Waals surface area contributed by atoms with Gasteiger partial charge in [-0.2, -0.15) is 0 Å². The highest BCUT2D eigenvalue weighted by molar-refractivity contribution is 9.10. The Bertz CT molecular complexity index is 611. The Morgan fingerprint density at radius 3 is 2.67 bits per heavy atom. The van der Waals surface area contributed by atoms with Crippen LogP contribution in [0.2, 0.25) is 0 Å². The van der Waals surface area contributed by atoms with Crippen molar-refractivity contribution in [3.05, 3.63) is 27.7 Å². The number of hydrogen-bond donors (Lipinski definition) is 0. The molecule has 1 saturated carbocycles. The van der Waals surface area contributed by atoms with Gasteiger partial charge in [0.25, 0.3) is 0 Å². The molecule has 1 aromatic rings. The Morgan fingerprint density at radius 1 is 1.29 bits per heavy atom. The number of benzene rings is 1. The number of hydrogen-bond acceptors (Lipinski definition) is 2. The van der Waals surface area contributed by atoms with E-state index in [1.165, 1.54) is 0 Å². The molecule has 4 heteroatoms. The first kappa shape index (κ1) is 14.8. The van der Waals surface area contributed by atoms with Crippen molar-refractivity contribution in [2.75, 3.05) is 11.4 Å². The first-order valence-corrected chi connectivity index (χ1v) is 8.43. The molecule has 0 radical (unpaired) electrons. The number of nitrogens with zero attached hydrogens (tertiary/aromatic N) is 1. The molecule has 2 unspecified atom stereocenters. The summed E-state index contributed by atoms with van der Waals surface area (Å²) >= 11 is 3.55. The number of carbonyl (C=O) groups is 2. The first-order chi connectivity index (χ1) is 9.99. The van der Waals surface area contributed by atoms with Gasteiger partial charge in [0, 0.05) is 35.1 Å². The zero-order chi connectivity index (χ0) is 15.1. The number of halogens is 1. The smallest absolute Gasteiger partial charge is 0.223 e. The molecular formula is C17H20BrNO2. The predicted octanol–water partition coefficient (Wildman–Crippen LogP) is 3.98. The van der Waals surface area contributed by atoms with Crippen molar-refractivity contribution >= 4 is 33.3 Å². The fourth-order valence-corrected chi connectivity index (χ4v) is 4.24. The molecule has 2 aliphatic rings. The molecule has 21 heavy (non-hydrogen) atoms. The number of amides is 1. The summed E-state index contributed by atoms with van der Waals surface area (Å²) in [6, 6.07) is 3.94. The summed E-state index contributed by atoms with van der Waals surface area (Å²) in [5.74, 6) is 0.863. The molecule has 2 atom stereocenters. The van der Waals surface area contributed by atoms with E-state index in [-0.39, 0.29) is 17.6 Å². The van der Waals surface area contributed by atoms with Crippen LogP contribution in [0.15, 0.2) is 16.6 Å². The second kappa shape index (κ2) is 5.56. The molecule has 0 N–H and O–H groups in total. The molecule has 0 saturated heterocycles. The number of fused-ring (bicyclic) bond motifs is 1. The fourth-order valence-electron chi connectivity index (χ4n) is 3.66. The maximum Gasteiger partial charge on any atom is 0.223 e. The molecule has 1 fully saturated rings. The minimum atomic E-state index is 0.0451. The van der Waals surface area contributed by atoms with E-state index >= 15 is 0 Å². The van der Waals surface area contributed by atoms with Crippen LogP contribution in [0.4, 0.5) is 5.69 Å². The van der Waals surface area contributed by atoms with Crippen LogP contribution in [0.1, 0.15) is 49.0 Å². The van der Waals surface area contributed by atoms with Crippen molar-refractivity contribution in [1.82, 2.24) is 0 Å². The minimum Gasteiger partial charge on any atom is -0.312 e. The van der Waals surface area contributed by atoms with Gasteiger partial charge in [0.1, 0.15) is 0 Å². The summed E-state index contributed by atoms with van der Waals surface area (Å²) in [5.41, 5.74) is 2.80. The van der Waals surface area contributed by atoms with Crippen LogP contribution in [0.3, 0.4) is 0 Å². The molecule has 112 valence electrons. The molecule has 3 nitrogen and oxygen atoms in total. The summed E-state index contributed by atoms with van der Waals surface area (Å²) in [5, 5.41) is 0. The van der Waals surface area contributed by atoms with Crippen molar-refractivity contribution in [3.8, 4) is 0 Å². The SMILES string of the molecule is CC(=O)N1CCc2cc(Br)c(C(=O)C3CCCC3C)cc21. The maximum atomic E-state index is 12.8. The van der Waals surface area contributed by atoms with E-state index < -0.39 is 0 Å². The van der Waals surface area contributed by atoms with Gasteiger partial charge in [0.2, 0.25) is 5.91 Å². The Hall–Kier alpha value is -1.16. The number of ketones is 1. The highest BCUT2D eigenvalue weighted by atomic mass is 79.9. The number of anilines is 1. The van der Waals surface area contributed by atoms with Gasteiger partial charge < -0.3 is 4.90 Å². The van der Waals surface area contributed by atoms with Gasteiger partial charge in [-0.25, -0.2) is 0 Å². The van der Waals surface area contributed by atoms with Crippen LogP contribution in [0, 0.1) is 11.8 Å². The predicted molar refractivity (Wildman–Crippen MR) is 86.7 cm³/mol. The summed E-state index contributed by atoms with van der Waals surface area (Å²) in [7, 11) is 0. The van der Waals surface area contributed by atoms with Crippen molar-refractivity contribution in [1.29, 1.82) is 0 Å². The van der Waals surface area contributed by atoms with Gasteiger partial charge >= 0.3 is 0 Å². The average Bonchev–Trinajstić information content (AvgIpc) is 3.02. The van der Waals surface area contributed by atoms with Crippen LogP contribution in [0.25, 0.3) is 0 Å². The minimum absolute atomic E-state index is 0.0451. The van der Waals surface area contributed by atoms with E-state index in [2.05, 4.69) is 22.9 Å². The number of rotatable bonds is 2. The van der Waals surface area contributed by atoms with Gasteiger partial charge in [-0.3, -0.25) is 9.59 Å². The molecule has 0 aromatic heterocycles. The first-order valence-electron chi connectivity index (χ1n) is 7.63. The average molecular weight is 350 g/mol. The standard InChI is InChI=1S/C17H20BrNO2/c1-10-4-3-5-13(10)17(21)14-9-16-12(8-15(14)18)6-7-19(16)11(2)20/h8-10,13H,3-7H2,1-2H3. The van der Waals surface area contributed by atoms with E-state index in [9.17, 15) is 9.59 Å². The number of Topliss-reactive ketones (excluding diaryl/α,β-unsaturated/α-hetero) is 1. The molecule has 1 amide bonds. The topological polar surface area (TPSA) is 37.4 Å². The van der Waals surface area contributed by atoms with Gasteiger partial charge in [0.05, 0.1) is 0 Å². The summed E-state index contributed by atoms with van der Waals surface area (Å²) in [6.45, 7) is 4.46. The van der Waals surface area contributed by atoms with Crippen molar-refractivity contribution < 1.29 is 9.59 Å². The third-order valence-corrected chi connectivity index (χ3v) is 5.56. The van der Waals surface area contributed by atoms with Crippen molar-refractivity contribution in [2.45, 2.75) is 39.5 Å². The Labute approximate surface area is 133 Å². The second-order valence-corrected chi connectivity index (χ2v) is 7.11. The molecular weight excluding hydrogens is 330 g/mol. The van der Waals surface area contributed by atoms with Crippen molar-refractivity contribution in [3.63, 3.8) is 0 Å².